The maximum Gasteiger partial charge on any atom is 0.152 e. The van der Waals surface area contributed by atoms with Gasteiger partial charge in [-0.25, -0.2) is 0 Å². The van der Waals surface area contributed by atoms with Crippen LogP contribution in [0.15, 0.2) is 24.3 Å². The van der Waals surface area contributed by atoms with Crippen molar-refractivity contribution < 1.29 is 9.59 Å². The van der Waals surface area contributed by atoms with Gasteiger partial charge < -0.3 is 4.79 Å². The molecule has 0 N–H and O–H groups in total. The first-order valence-corrected chi connectivity index (χ1v) is 9.41. The number of hydrogen-bond acceptors (Lipinski definition) is 4. The highest BCUT2D eigenvalue weighted by Crippen LogP contribution is 2.34. The molecule has 4 heteroatoms. The molecule has 1 atom stereocenters. The fourth-order valence-corrected chi connectivity index (χ4v) is 3.92. The van der Waals surface area contributed by atoms with Gasteiger partial charge in [-0.1, -0.05) is 45.0 Å². The molecule has 0 amide bonds. The highest BCUT2D eigenvalue weighted by atomic mass is 16.1. The lowest BCUT2D eigenvalue weighted by molar-refractivity contribution is -0.127. The molecule has 1 unspecified atom stereocenters. The summed E-state index contributed by atoms with van der Waals surface area (Å²) in [6.45, 7) is 10.4. The van der Waals surface area contributed by atoms with E-state index in [0.717, 1.165) is 45.3 Å². The van der Waals surface area contributed by atoms with Crippen LogP contribution in [0.2, 0.25) is 0 Å². The standard InChI is InChI=1S/C21H30N2O2/c1-21(2,3)20(25)14-22-10-8-16(9-11-22)12-23-13-17-6-4-5-7-18(17)19(23)15-24/h4-7,15-16,19H,8-14H2,1-3H3. The van der Waals surface area contributed by atoms with Crippen molar-refractivity contribution >= 4 is 12.1 Å². The third-order valence-corrected chi connectivity index (χ3v) is 5.67. The predicted molar refractivity (Wildman–Crippen MR) is 99.3 cm³/mol. The molecule has 2 aliphatic rings. The summed E-state index contributed by atoms with van der Waals surface area (Å²) in [5, 5.41) is 0. The molecular formula is C21H30N2O2. The summed E-state index contributed by atoms with van der Waals surface area (Å²) in [5.74, 6) is 0.930. The summed E-state index contributed by atoms with van der Waals surface area (Å²) in [5.41, 5.74) is 2.20. The van der Waals surface area contributed by atoms with Gasteiger partial charge in [0.1, 0.15) is 6.29 Å². The van der Waals surface area contributed by atoms with Crippen LogP contribution in [0.3, 0.4) is 0 Å². The topological polar surface area (TPSA) is 40.6 Å². The zero-order chi connectivity index (χ0) is 18.0. The maximum atomic E-state index is 12.2. The Balaban J connectivity index is 1.52. The Morgan fingerprint density at radius 1 is 1.20 bits per heavy atom. The van der Waals surface area contributed by atoms with E-state index in [1.165, 1.54) is 11.1 Å². The third kappa shape index (κ3) is 4.18. The molecular weight excluding hydrogens is 312 g/mol. The summed E-state index contributed by atoms with van der Waals surface area (Å²) in [6.07, 6.45) is 3.30. The summed E-state index contributed by atoms with van der Waals surface area (Å²) >= 11 is 0. The smallest absolute Gasteiger partial charge is 0.152 e. The summed E-state index contributed by atoms with van der Waals surface area (Å²) in [4.78, 5) is 28.4. The molecule has 25 heavy (non-hydrogen) atoms. The lowest BCUT2D eigenvalue weighted by Crippen LogP contribution is -2.42. The molecule has 136 valence electrons. The monoisotopic (exact) mass is 342 g/mol. The van der Waals surface area contributed by atoms with Crippen LogP contribution in [-0.2, 0) is 16.1 Å². The number of piperidine rings is 1. The lowest BCUT2D eigenvalue weighted by atomic mass is 9.89. The van der Waals surface area contributed by atoms with Crippen LogP contribution in [0.5, 0.6) is 0 Å². The number of ketones is 1. The highest BCUT2D eigenvalue weighted by Gasteiger charge is 2.32. The van der Waals surface area contributed by atoms with Crippen molar-refractivity contribution in [1.29, 1.82) is 0 Å². The molecule has 4 nitrogen and oxygen atoms in total. The Bertz CT molecular complexity index is 627. The minimum Gasteiger partial charge on any atom is -0.301 e. The Labute approximate surface area is 151 Å². The molecule has 0 bridgehead atoms. The summed E-state index contributed by atoms with van der Waals surface area (Å²) in [6, 6.07) is 8.19. The number of fused-ring (bicyclic) bond motifs is 1. The van der Waals surface area contributed by atoms with Crippen molar-refractivity contribution in [2.24, 2.45) is 11.3 Å². The molecule has 0 radical (unpaired) electrons. The third-order valence-electron chi connectivity index (χ3n) is 5.67. The molecule has 0 aliphatic carbocycles. The van der Waals surface area contributed by atoms with Gasteiger partial charge in [0.25, 0.3) is 0 Å². The molecule has 1 aromatic rings. The van der Waals surface area contributed by atoms with Crippen molar-refractivity contribution in [1.82, 2.24) is 9.80 Å². The van der Waals surface area contributed by atoms with Crippen molar-refractivity contribution in [3.63, 3.8) is 0 Å². The van der Waals surface area contributed by atoms with Gasteiger partial charge >= 0.3 is 0 Å². The second-order valence-electron chi connectivity index (χ2n) is 8.60. The largest absolute Gasteiger partial charge is 0.301 e. The number of likely N-dealkylation sites (tertiary alicyclic amines) is 1. The Kier molecular flexibility index (Phi) is 5.40. The predicted octanol–water partition coefficient (Wildman–Crippen LogP) is 3.07. The van der Waals surface area contributed by atoms with Crippen LogP contribution in [0.25, 0.3) is 0 Å². The van der Waals surface area contributed by atoms with Gasteiger partial charge in [0.05, 0.1) is 12.6 Å². The fraction of sp³-hybridized carbons (Fsp3) is 0.619. The number of nitrogens with zero attached hydrogens (tertiary/aromatic N) is 2. The SMILES string of the molecule is CC(C)(C)C(=O)CN1CCC(CN2Cc3ccccc3C2C=O)CC1. The van der Waals surface area contributed by atoms with E-state index in [-0.39, 0.29) is 11.5 Å². The maximum absolute atomic E-state index is 12.2. The van der Waals surface area contributed by atoms with Crippen molar-refractivity contribution in [2.75, 3.05) is 26.2 Å². The molecule has 2 aliphatic heterocycles. The first-order chi connectivity index (χ1) is 11.9. The van der Waals surface area contributed by atoms with Gasteiger partial charge in [-0.3, -0.25) is 14.6 Å². The Morgan fingerprint density at radius 3 is 2.52 bits per heavy atom. The highest BCUT2D eigenvalue weighted by molar-refractivity contribution is 5.85. The van der Waals surface area contributed by atoms with Crippen molar-refractivity contribution in [3.8, 4) is 0 Å². The second-order valence-corrected chi connectivity index (χ2v) is 8.60. The Morgan fingerprint density at radius 2 is 1.88 bits per heavy atom. The van der Waals surface area contributed by atoms with E-state index in [0.29, 0.717) is 18.2 Å². The van der Waals surface area contributed by atoms with E-state index in [1.54, 1.807) is 0 Å². The van der Waals surface area contributed by atoms with E-state index in [4.69, 9.17) is 0 Å². The van der Waals surface area contributed by atoms with E-state index in [2.05, 4.69) is 28.0 Å². The van der Waals surface area contributed by atoms with Gasteiger partial charge in [0.2, 0.25) is 0 Å². The van der Waals surface area contributed by atoms with E-state index < -0.39 is 0 Å². The van der Waals surface area contributed by atoms with Crippen LogP contribution in [-0.4, -0.2) is 48.0 Å². The number of rotatable bonds is 5. The molecule has 1 aromatic carbocycles. The van der Waals surface area contributed by atoms with E-state index in [1.807, 2.05) is 26.8 Å². The number of aldehydes is 1. The molecule has 1 saturated heterocycles. The molecule has 1 fully saturated rings. The van der Waals surface area contributed by atoms with Crippen LogP contribution >= 0.6 is 0 Å². The van der Waals surface area contributed by atoms with Gasteiger partial charge in [0.15, 0.2) is 5.78 Å². The molecule has 3 rings (SSSR count). The minimum atomic E-state index is -0.255. The molecule has 0 aromatic heterocycles. The number of hydrogen-bond donors (Lipinski definition) is 0. The number of carbonyl (C=O) groups excluding carboxylic acids is 2. The van der Waals surface area contributed by atoms with Gasteiger partial charge in [0, 0.05) is 18.5 Å². The van der Waals surface area contributed by atoms with Crippen LogP contribution in [0.1, 0.15) is 50.8 Å². The normalized spacial score (nSPS) is 22.8. The van der Waals surface area contributed by atoms with E-state index >= 15 is 0 Å². The van der Waals surface area contributed by atoms with Gasteiger partial charge in [-0.2, -0.15) is 0 Å². The molecule has 2 heterocycles. The molecule has 0 saturated carbocycles. The van der Waals surface area contributed by atoms with Crippen molar-refractivity contribution in [2.45, 2.75) is 46.2 Å². The van der Waals surface area contributed by atoms with Crippen molar-refractivity contribution in [3.05, 3.63) is 35.4 Å². The molecule has 0 spiro atoms. The van der Waals surface area contributed by atoms with Gasteiger partial charge in [-0.05, 0) is 43.0 Å². The summed E-state index contributed by atoms with van der Waals surface area (Å²) < 4.78 is 0. The van der Waals surface area contributed by atoms with Crippen LogP contribution in [0.4, 0.5) is 0 Å². The average molecular weight is 342 g/mol. The number of carbonyl (C=O) groups is 2. The van der Waals surface area contributed by atoms with E-state index in [9.17, 15) is 9.59 Å². The minimum absolute atomic E-state index is 0.0864. The second kappa shape index (κ2) is 7.38. The number of Topliss-reactive ketones (excluding diaryl/α,β-unsaturated/α-hetero) is 1. The number of benzene rings is 1. The van der Waals surface area contributed by atoms with Crippen LogP contribution < -0.4 is 0 Å². The lowest BCUT2D eigenvalue weighted by Gasteiger charge is -2.35. The van der Waals surface area contributed by atoms with Crippen LogP contribution in [0, 0.1) is 11.3 Å². The quantitative estimate of drug-likeness (QED) is 0.771. The zero-order valence-corrected chi connectivity index (χ0v) is 15.7. The summed E-state index contributed by atoms with van der Waals surface area (Å²) in [7, 11) is 0. The average Bonchev–Trinajstić information content (AvgIpc) is 2.92. The van der Waals surface area contributed by atoms with Gasteiger partial charge in [-0.15, -0.1) is 0 Å². The first-order valence-electron chi connectivity index (χ1n) is 9.41. The fourth-order valence-electron chi connectivity index (χ4n) is 3.92. The Hall–Kier alpha value is -1.52. The first kappa shape index (κ1) is 18.3. The zero-order valence-electron chi connectivity index (χ0n) is 15.7.